The molecule has 0 atom stereocenters. The van der Waals surface area contributed by atoms with Crippen LogP contribution in [0, 0.1) is 0 Å². The highest BCUT2D eigenvalue weighted by Crippen LogP contribution is 2.23. The molecule has 3 rings (SSSR count). The molecule has 0 fully saturated rings. The lowest BCUT2D eigenvalue weighted by Crippen LogP contribution is -2.14. The Bertz CT molecular complexity index is 920. The largest absolute Gasteiger partial charge is 0.462 e. The maximum atomic E-state index is 12.2. The third-order valence-corrected chi connectivity index (χ3v) is 4.61. The number of anilines is 1. The summed E-state index contributed by atoms with van der Waals surface area (Å²) in [4.78, 5) is 23.8. The first kappa shape index (κ1) is 18.7. The first-order chi connectivity index (χ1) is 13.1. The second-order valence-corrected chi connectivity index (χ2v) is 6.42. The Kier molecular flexibility index (Phi) is 5.92. The molecular formula is C18H18N4O4S. The summed E-state index contributed by atoms with van der Waals surface area (Å²) in [5.41, 5.74) is 1.04. The van der Waals surface area contributed by atoms with Crippen LogP contribution in [0.3, 0.4) is 0 Å². The maximum absolute atomic E-state index is 12.2. The number of furan rings is 1. The lowest BCUT2D eigenvalue weighted by Gasteiger charge is -2.06. The van der Waals surface area contributed by atoms with Gasteiger partial charge in [-0.1, -0.05) is 11.8 Å². The van der Waals surface area contributed by atoms with Crippen molar-refractivity contribution in [1.29, 1.82) is 0 Å². The molecule has 0 aliphatic carbocycles. The fourth-order valence-electron chi connectivity index (χ4n) is 2.29. The summed E-state index contributed by atoms with van der Waals surface area (Å²) >= 11 is 1.27. The zero-order valence-electron chi connectivity index (χ0n) is 14.8. The van der Waals surface area contributed by atoms with Gasteiger partial charge in [0.1, 0.15) is 0 Å². The Morgan fingerprint density at radius 2 is 2.00 bits per heavy atom. The molecule has 0 bridgehead atoms. The number of rotatable bonds is 7. The molecule has 0 unspecified atom stereocenters. The van der Waals surface area contributed by atoms with Gasteiger partial charge in [-0.2, -0.15) is 0 Å². The van der Waals surface area contributed by atoms with E-state index in [0.29, 0.717) is 34.6 Å². The van der Waals surface area contributed by atoms with Crippen LogP contribution >= 0.6 is 11.8 Å². The number of ether oxygens (including phenoxy) is 1. The summed E-state index contributed by atoms with van der Waals surface area (Å²) in [7, 11) is 1.81. The van der Waals surface area contributed by atoms with Gasteiger partial charge in [0.25, 0.3) is 0 Å². The van der Waals surface area contributed by atoms with Crippen molar-refractivity contribution in [1.82, 2.24) is 14.8 Å². The third-order valence-electron chi connectivity index (χ3n) is 3.59. The van der Waals surface area contributed by atoms with Gasteiger partial charge >= 0.3 is 5.97 Å². The van der Waals surface area contributed by atoms with Gasteiger partial charge in [0.2, 0.25) is 5.91 Å². The summed E-state index contributed by atoms with van der Waals surface area (Å²) in [5.74, 6) is 0.802. The molecule has 0 saturated heterocycles. The van der Waals surface area contributed by atoms with Crippen molar-refractivity contribution in [3.8, 4) is 11.6 Å². The van der Waals surface area contributed by atoms with Crippen LogP contribution in [0.1, 0.15) is 17.3 Å². The van der Waals surface area contributed by atoms with Crippen LogP contribution in [-0.4, -0.2) is 39.0 Å². The van der Waals surface area contributed by atoms with E-state index in [2.05, 4.69) is 15.5 Å². The van der Waals surface area contributed by atoms with E-state index in [1.165, 1.54) is 11.8 Å². The fourth-order valence-corrected chi connectivity index (χ4v) is 3.00. The summed E-state index contributed by atoms with van der Waals surface area (Å²) in [6.07, 6.45) is 1.57. The van der Waals surface area contributed by atoms with Gasteiger partial charge in [0.15, 0.2) is 16.7 Å². The highest BCUT2D eigenvalue weighted by molar-refractivity contribution is 7.99. The quantitative estimate of drug-likeness (QED) is 0.492. The van der Waals surface area contributed by atoms with Crippen molar-refractivity contribution in [2.24, 2.45) is 7.05 Å². The number of aromatic nitrogens is 3. The standard InChI is InChI=1S/C18H18N4O4S/c1-3-25-17(24)12-6-8-13(9-7-12)19-15(23)11-27-18-21-20-16(22(18)2)14-5-4-10-26-14/h4-10H,3,11H2,1-2H3,(H,19,23). The molecule has 1 N–H and O–H groups in total. The predicted molar refractivity (Wildman–Crippen MR) is 100 cm³/mol. The van der Waals surface area contributed by atoms with Gasteiger partial charge in [-0.25, -0.2) is 4.79 Å². The molecule has 27 heavy (non-hydrogen) atoms. The zero-order valence-corrected chi connectivity index (χ0v) is 15.7. The van der Waals surface area contributed by atoms with Crippen molar-refractivity contribution in [2.75, 3.05) is 17.7 Å². The first-order valence-corrected chi connectivity index (χ1v) is 9.20. The summed E-state index contributed by atoms with van der Waals surface area (Å²) < 4.78 is 12.0. The van der Waals surface area contributed by atoms with E-state index < -0.39 is 0 Å². The number of carbonyl (C=O) groups excluding carboxylic acids is 2. The molecule has 1 aromatic carbocycles. The Morgan fingerprint density at radius 1 is 1.22 bits per heavy atom. The van der Waals surface area contributed by atoms with Gasteiger partial charge < -0.3 is 19.0 Å². The average molecular weight is 386 g/mol. The molecule has 1 amide bonds. The molecular weight excluding hydrogens is 368 g/mol. The number of carbonyl (C=O) groups is 2. The van der Waals surface area contributed by atoms with E-state index in [1.54, 1.807) is 54.2 Å². The number of nitrogens with zero attached hydrogens (tertiary/aromatic N) is 3. The molecule has 2 heterocycles. The molecule has 140 valence electrons. The second kappa shape index (κ2) is 8.54. The number of amides is 1. The minimum Gasteiger partial charge on any atom is -0.462 e. The van der Waals surface area contributed by atoms with Gasteiger partial charge in [-0.3, -0.25) is 4.79 Å². The number of esters is 1. The van der Waals surface area contributed by atoms with Crippen LogP contribution in [0.4, 0.5) is 5.69 Å². The normalized spacial score (nSPS) is 10.6. The summed E-state index contributed by atoms with van der Waals surface area (Å²) in [5, 5.41) is 11.6. The van der Waals surface area contributed by atoms with E-state index in [-0.39, 0.29) is 17.6 Å². The van der Waals surface area contributed by atoms with E-state index in [9.17, 15) is 9.59 Å². The molecule has 0 saturated carbocycles. The monoisotopic (exact) mass is 386 g/mol. The summed E-state index contributed by atoms with van der Waals surface area (Å²) in [6.45, 7) is 2.07. The minimum atomic E-state index is -0.388. The van der Waals surface area contributed by atoms with Crippen LogP contribution in [-0.2, 0) is 16.6 Å². The van der Waals surface area contributed by atoms with Crippen LogP contribution in [0.15, 0.2) is 52.2 Å². The van der Waals surface area contributed by atoms with Crippen molar-refractivity contribution in [3.05, 3.63) is 48.2 Å². The summed E-state index contributed by atoms with van der Waals surface area (Å²) in [6, 6.07) is 10.1. The van der Waals surface area contributed by atoms with Gasteiger partial charge in [0.05, 0.1) is 24.2 Å². The molecule has 3 aromatic rings. The molecule has 9 heteroatoms. The highest BCUT2D eigenvalue weighted by Gasteiger charge is 2.14. The van der Waals surface area contributed by atoms with Gasteiger partial charge in [0, 0.05) is 12.7 Å². The highest BCUT2D eigenvalue weighted by atomic mass is 32.2. The molecule has 0 aliphatic rings. The Morgan fingerprint density at radius 3 is 2.67 bits per heavy atom. The fraction of sp³-hybridized carbons (Fsp3) is 0.222. The Balaban J connectivity index is 1.55. The van der Waals surface area contributed by atoms with Gasteiger partial charge in [-0.15, -0.1) is 10.2 Å². The van der Waals surface area contributed by atoms with Gasteiger partial charge in [-0.05, 0) is 43.3 Å². The first-order valence-electron chi connectivity index (χ1n) is 8.21. The average Bonchev–Trinajstić information content (AvgIpc) is 3.30. The third kappa shape index (κ3) is 4.56. The molecule has 0 spiro atoms. The molecule has 8 nitrogen and oxygen atoms in total. The molecule has 2 aromatic heterocycles. The Labute approximate surface area is 159 Å². The van der Waals surface area contributed by atoms with Crippen molar-refractivity contribution in [3.63, 3.8) is 0 Å². The van der Waals surface area contributed by atoms with Crippen molar-refractivity contribution < 1.29 is 18.7 Å². The number of benzene rings is 1. The number of hydrogen-bond donors (Lipinski definition) is 1. The van der Waals surface area contributed by atoms with E-state index in [0.717, 1.165) is 0 Å². The Hall–Kier alpha value is -3.07. The van der Waals surface area contributed by atoms with Crippen molar-refractivity contribution >= 4 is 29.3 Å². The lowest BCUT2D eigenvalue weighted by molar-refractivity contribution is -0.113. The van der Waals surface area contributed by atoms with Crippen LogP contribution < -0.4 is 5.32 Å². The van der Waals surface area contributed by atoms with E-state index >= 15 is 0 Å². The molecule has 0 aliphatic heterocycles. The topological polar surface area (TPSA) is 99.2 Å². The van der Waals surface area contributed by atoms with Crippen LogP contribution in [0.5, 0.6) is 0 Å². The zero-order chi connectivity index (χ0) is 19.2. The maximum Gasteiger partial charge on any atom is 0.338 e. The van der Waals surface area contributed by atoms with E-state index in [4.69, 9.17) is 9.15 Å². The smallest absolute Gasteiger partial charge is 0.338 e. The predicted octanol–water partition coefficient (Wildman–Crippen LogP) is 2.98. The number of hydrogen-bond acceptors (Lipinski definition) is 7. The van der Waals surface area contributed by atoms with E-state index in [1.807, 2.05) is 7.05 Å². The molecule has 0 radical (unpaired) electrons. The minimum absolute atomic E-state index is 0.170. The SMILES string of the molecule is CCOC(=O)c1ccc(NC(=O)CSc2nnc(-c3ccco3)n2C)cc1. The second-order valence-electron chi connectivity index (χ2n) is 5.48. The van der Waals surface area contributed by atoms with Crippen LogP contribution in [0.2, 0.25) is 0 Å². The number of thioether (sulfide) groups is 1. The van der Waals surface area contributed by atoms with Crippen LogP contribution in [0.25, 0.3) is 11.6 Å². The number of nitrogens with one attached hydrogen (secondary N) is 1. The van der Waals surface area contributed by atoms with Crippen molar-refractivity contribution in [2.45, 2.75) is 12.1 Å². The lowest BCUT2D eigenvalue weighted by atomic mass is 10.2.